The molecule has 2 heterocycles. The zero-order valence-corrected chi connectivity index (χ0v) is 19.6. The molecule has 1 amide bonds. The molecule has 0 unspecified atom stereocenters. The third kappa shape index (κ3) is 5.42. The van der Waals surface area contributed by atoms with Crippen molar-refractivity contribution in [2.75, 3.05) is 45.8 Å². The third-order valence-corrected chi connectivity index (χ3v) is 5.86. The number of amides is 1. The molecule has 3 aromatic rings. The number of aromatic nitrogens is 2. The zero-order chi connectivity index (χ0) is 23.4. The quantitative estimate of drug-likeness (QED) is 0.548. The summed E-state index contributed by atoms with van der Waals surface area (Å²) in [4.78, 5) is 26.1. The van der Waals surface area contributed by atoms with Crippen molar-refractivity contribution in [2.24, 2.45) is 0 Å². The first-order chi connectivity index (χ1) is 15.9. The smallest absolute Gasteiger partial charge is 0.260 e. The molecule has 2 aromatic carbocycles. The second-order valence-electron chi connectivity index (χ2n) is 8.53. The van der Waals surface area contributed by atoms with Crippen LogP contribution in [0.3, 0.4) is 0 Å². The van der Waals surface area contributed by atoms with Crippen LogP contribution in [0.25, 0.3) is 11.3 Å². The Kier molecular flexibility index (Phi) is 6.77. The fourth-order valence-electron chi connectivity index (χ4n) is 3.87. The number of carbonyl (C=O) groups excluding carboxylic acids is 1. The van der Waals surface area contributed by atoms with Crippen molar-refractivity contribution < 1.29 is 14.3 Å². The van der Waals surface area contributed by atoms with Gasteiger partial charge in [-0.15, -0.1) is 0 Å². The van der Waals surface area contributed by atoms with Crippen molar-refractivity contribution in [3.63, 3.8) is 0 Å². The van der Waals surface area contributed by atoms with Gasteiger partial charge in [0.15, 0.2) is 6.61 Å². The second kappa shape index (κ2) is 9.90. The van der Waals surface area contributed by atoms with Gasteiger partial charge in [0.25, 0.3) is 5.91 Å². The van der Waals surface area contributed by atoms with Gasteiger partial charge in [0.2, 0.25) is 5.95 Å². The number of ether oxygens (including phenoxy) is 2. The van der Waals surface area contributed by atoms with Crippen molar-refractivity contribution in [3.05, 3.63) is 65.9 Å². The highest BCUT2D eigenvalue weighted by Crippen LogP contribution is 2.30. The van der Waals surface area contributed by atoms with E-state index in [9.17, 15) is 4.79 Å². The highest BCUT2D eigenvalue weighted by atomic mass is 16.5. The maximum Gasteiger partial charge on any atom is 0.260 e. The largest absolute Gasteiger partial charge is 0.497 e. The van der Waals surface area contributed by atoms with Crippen LogP contribution in [0, 0.1) is 6.92 Å². The summed E-state index contributed by atoms with van der Waals surface area (Å²) in [5.41, 5.74) is 4.14. The van der Waals surface area contributed by atoms with E-state index < -0.39 is 0 Å². The molecule has 1 aromatic heterocycles. The molecule has 0 saturated carbocycles. The monoisotopic (exact) mass is 446 g/mol. The number of rotatable bonds is 7. The van der Waals surface area contributed by atoms with Gasteiger partial charge in [0.1, 0.15) is 11.5 Å². The highest BCUT2D eigenvalue weighted by molar-refractivity contribution is 5.78. The predicted octanol–water partition coefficient (Wildman–Crippen LogP) is 3.92. The van der Waals surface area contributed by atoms with E-state index in [1.807, 2.05) is 36.0 Å². The molecular formula is C26H30N4O3. The highest BCUT2D eigenvalue weighted by Gasteiger charge is 2.29. The molecule has 0 radical (unpaired) electrons. The van der Waals surface area contributed by atoms with Gasteiger partial charge in [-0.1, -0.05) is 29.8 Å². The lowest BCUT2D eigenvalue weighted by Gasteiger charge is -2.18. The zero-order valence-electron chi connectivity index (χ0n) is 19.6. The van der Waals surface area contributed by atoms with E-state index in [0.29, 0.717) is 24.8 Å². The van der Waals surface area contributed by atoms with E-state index in [1.54, 1.807) is 19.2 Å². The number of likely N-dealkylation sites (tertiary alicyclic amines) is 1. The first-order valence-electron chi connectivity index (χ1n) is 11.1. The Balaban J connectivity index is 1.45. The van der Waals surface area contributed by atoms with Gasteiger partial charge in [-0.25, -0.2) is 9.97 Å². The van der Waals surface area contributed by atoms with Crippen LogP contribution < -0.4 is 14.4 Å². The molecule has 1 aliphatic heterocycles. The number of benzene rings is 2. The second-order valence-corrected chi connectivity index (χ2v) is 8.53. The molecule has 7 nitrogen and oxygen atoms in total. The van der Waals surface area contributed by atoms with Crippen LogP contribution in [-0.2, 0) is 4.79 Å². The molecular weight excluding hydrogens is 416 g/mol. The van der Waals surface area contributed by atoms with Crippen LogP contribution >= 0.6 is 0 Å². The van der Waals surface area contributed by atoms with E-state index in [2.05, 4.69) is 37.3 Å². The van der Waals surface area contributed by atoms with Crippen LogP contribution in [0.4, 0.5) is 5.95 Å². The summed E-state index contributed by atoms with van der Waals surface area (Å²) in [6, 6.07) is 17.6. The number of hydrogen-bond donors (Lipinski definition) is 0. The maximum atomic E-state index is 12.7. The molecule has 0 spiro atoms. The van der Waals surface area contributed by atoms with Crippen LogP contribution in [0.5, 0.6) is 11.5 Å². The number of anilines is 1. The van der Waals surface area contributed by atoms with Crippen molar-refractivity contribution in [2.45, 2.75) is 19.3 Å². The molecule has 33 heavy (non-hydrogen) atoms. The molecule has 0 N–H and O–H groups in total. The van der Waals surface area contributed by atoms with Gasteiger partial charge in [0, 0.05) is 38.7 Å². The molecule has 0 aliphatic carbocycles. The van der Waals surface area contributed by atoms with Gasteiger partial charge in [0.05, 0.1) is 18.5 Å². The lowest BCUT2D eigenvalue weighted by molar-refractivity contribution is -0.132. The summed E-state index contributed by atoms with van der Waals surface area (Å²) in [5, 5.41) is 0. The molecule has 1 fully saturated rings. The van der Waals surface area contributed by atoms with Crippen molar-refractivity contribution in [3.8, 4) is 22.8 Å². The van der Waals surface area contributed by atoms with E-state index in [4.69, 9.17) is 19.4 Å². The van der Waals surface area contributed by atoms with Gasteiger partial charge in [-0.2, -0.15) is 0 Å². The van der Waals surface area contributed by atoms with Gasteiger partial charge in [-0.3, -0.25) is 4.79 Å². The molecule has 1 saturated heterocycles. The van der Waals surface area contributed by atoms with E-state index >= 15 is 0 Å². The summed E-state index contributed by atoms with van der Waals surface area (Å²) in [5.74, 6) is 2.22. The SMILES string of the molecule is COc1ccc(OCC(=O)N2CC[C@H](c3cc(-c4ccc(C)cc4)nc(N(C)C)n3)C2)cc1. The molecule has 4 rings (SSSR count). The number of nitrogens with zero attached hydrogens (tertiary/aromatic N) is 4. The number of methoxy groups -OCH3 is 1. The Hall–Kier alpha value is -3.61. The normalized spacial score (nSPS) is 15.4. The standard InChI is InChI=1S/C26H30N4O3/c1-18-5-7-19(8-6-18)23-15-24(28-26(27-23)29(2)3)20-13-14-30(16-20)25(31)17-33-22-11-9-21(32-4)10-12-22/h5-12,15,20H,13-14,16-17H2,1-4H3/t20-/m0/s1. The number of aryl methyl sites for hydroxylation is 1. The lowest BCUT2D eigenvalue weighted by atomic mass is 10.0. The summed E-state index contributed by atoms with van der Waals surface area (Å²) < 4.78 is 10.8. The summed E-state index contributed by atoms with van der Waals surface area (Å²) in [7, 11) is 5.50. The number of carbonyl (C=O) groups is 1. The number of hydrogen-bond acceptors (Lipinski definition) is 6. The summed E-state index contributed by atoms with van der Waals surface area (Å²) in [6.45, 7) is 3.40. The lowest BCUT2D eigenvalue weighted by Crippen LogP contribution is -2.33. The Bertz CT molecular complexity index is 1100. The minimum absolute atomic E-state index is 0.0143. The Labute approximate surface area is 195 Å². The fraction of sp³-hybridized carbons (Fsp3) is 0.346. The van der Waals surface area contributed by atoms with Crippen LogP contribution in [0.15, 0.2) is 54.6 Å². The van der Waals surface area contributed by atoms with Crippen molar-refractivity contribution >= 4 is 11.9 Å². The predicted molar refractivity (Wildman–Crippen MR) is 129 cm³/mol. The summed E-state index contributed by atoms with van der Waals surface area (Å²) in [6.07, 6.45) is 0.867. The van der Waals surface area contributed by atoms with Crippen molar-refractivity contribution in [1.82, 2.24) is 14.9 Å². The third-order valence-electron chi connectivity index (χ3n) is 5.86. The Morgan fingerprint density at radius 2 is 1.76 bits per heavy atom. The Morgan fingerprint density at radius 1 is 1.06 bits per heavy atom. The van der Waals surface area contributed by atoms with E-state index in [1.165, 1.54) is 5.56 Å². The minimum atomic E-state index is -0.0195. The van der Waals surface area contributed by atoms with Crippen LogP contribution in [-0.4, -0.2) is 61.7 Å². The fourth-order valence-corrected chi connectivity index (χ4v) is 3.87. The molecule has 172 valence electrons. The van der Waals surface area contributed by atoms with E-state index in [-0.39, 0.29) is 18.4 Å². The van der Waals surface area contributed by atoms with Gasteiger partial charge >= 0.3 is 0 Å². The molecule has 1 aliphatic rings. The minimum Gasteiger partial charge on any atom is -0.497 e. The molecule has 1 atom stereocenters. The Morgan fingerprint density at radius 3 is 2.42 bits per heavy atom. The van der Waals surface area contributed by atoms with Gasteiger partial charge in [-0.05, 0) is 43.7 Å². The topological polar surface area (TPSA) is 67.8 Å². The first-order valence-corrected chi connectivity index (χ1v) is 11.1. The maximum absolute atomic E-state index is 12.7. The summed E-state index contributed by atoms with van der Waals surface area (Å²) >= 11 is 0. The average Bonchev–Trinajstić information content (AvgIpc) is 3.33. The van der Waals surface area contributed by atoms with Crippen LogP contribution in [0.2, 0.25) is 0 Å². The van der Waals surface area contributed by atoms with Crippen LogP contribution in [0.1, 0.15) is 23.6 Å². The average molecular weight is 447 g/mol. The van der Waals surface area contributed by atoms with Gasteiger partial charge < -0.3 is 19.3 Å². The van der Waals surface area contributed by atoms with Crippen molar-refractivity contribution in [1.29, 1.82) is 0 Å². The van der Waals surface area contributed by atoms with E-state index in [0.717, 1.165) is 29.1 Å². The first kappa shape index (κ1) is 22.6. The molecule has 7 heteroatoms. The molecule has 0 bridgehead atoms.